The second-order valence-corrected chi connectivity index (χ2v) is 11.6. The first-order chi connectivity index (χ1) is 17.3. The Bertz CT molecular complexity index is 1230. The van der Waals surface area contributed by atoms with Crippen molar-refractivity contribution in [2.75, 3.05) is 39.3 Å². The number of H-pyrrole nitrogens is 1. The molecule has 0 radical (unpaired) electrons. The number of hydrogen-bond acceptors (Lipinski definition) is 4. The van der Waals surface area contributed by atoms with E-state index in [1.807, 2.05) is 6.07 Å². The van der Waals surface area contributed by atoms with Crippen molar-refractivity contribution in [3.05, 3.63) is 70.0 Å². The summed E-state index contributed by atoms with van der Waals surface area (Å²) < 4.78 is 7.40. The molecule has 0 spiro atoms. The molecule has 0 amide bonds. The van der Waals surface area contributed by atoms with Gasteiger partial charge >= 0.3 is 0 Å². The SMILES string of the molecule is CC(C)(Cc1ccc(OCC[N+]23CCC(CC2)CC3)cc1)NCCc1ccc(O)c2[nH]c(=O)ccc12. The number of rotatable bonds is 10. The van der Waals surface area contributed by atoms with Gasteiger partial charge in [0.05, 0.1) is 25.2 Å². The minimum absolute atomic E-state index is 0.0696. The van der Waals surface area contributed by atoms with Gasteiger partial charge in [-0.1, -0.05) is 18.2 Å². The third-order valence-electron chi connectivity index (χ3n) is 8.40. The zero-order valence-corrected chi connectivity index (χ0v) is 21.7. The number of aromatic nitrogens is 1. The van der Waals surface area contributed by atoms with Crippen molar-refractivity contribution in [1.82, 2.24) is 10.3 Å². The molecule has 36 heavy (non-hydrogen) atoms. The van der Waals surface area contributed by atoms with Gasteiger partial charge in [0, 0.05) is 17.0 Å². The molecule has 0 aliphatic carbocycles. The summed E-state index contributed by atoms with van der Waals surface area (Å²) in [6.07, 6.45) is 5.94. The summed E-state index contributed by atoms with van der Waals surface area (Å²) in [4.78, 5) is 14.4. The van der Waals surface area contributed by atoms with E-state index >= 15 is 0 Å². The van der Waals surface area contributed by atoms with Crippen LogP contribution in [0.1, 0.15) is 44.2 Å². The monoisotopic (exact) mass is 490 g/mol. The summed E-state index contributed by atoms with van der Waals surface area (Å²) in [5.74, 6) is 2.07. The highest BCUT2D eigenvalue weighted by Gasteiger charge is 2.39. The van der Waals surface area contributed by atoms with Crippen molar-refractivity contribution in [2.24, 2.45) is 5.92 Å². The van der Waals surface area contributed by atoms with E-state index in [-0.39, 0.29) is 16.8 Å². The number of nitrogens with one attached hydrogen (secondary N) is 2. The number of benzene rings is 2. The Morgan fingerprint density at radius 1 is 1.03 bits per heavy atom. The highest BCUT2D eigenvalue weighted by molar-refractivity contribution is 5.87. The molecule has 3 saturated heterocycles. The lowest BCUT2D eigenvalue weighted by molar-refractivity contribution is -0.942. The molecule has 4 heterocycles. The van der Waals surface area contributed by atoms with Crippen LogP contribution in [-0.4, -0.2) is 59.4 Å². The normalized spacial score (nSPS) is 21.7. The van der Waals surface area contributed by atoms with Crippen molar-refractivity contribution >= 4 is 10.9 Å². The average Bonchev–Trinajstić information content (AvgIpc) is 2.87. The minimum Gasteiger partial charge on any atom is -0.506 e. The molecule has 3 aromatic rings. The van der Waals surface area contributed by atoms with E-state index in [0.29, 0.717) is 5.52 Å². The van der Waals surface area contributed by atoms with Crippen molar-refractivity contribution in [2.45, 2.75) is 51.5 Å². The summed E-state index contributed by atoms with van der Waals surface area (Å²) >= 11 is 0. The summed E-state index contributed by atoms with van der Waals surface area (Å²) in [6.45, 7) is 11.2. The molecule has 6 nitrogen and oxygen atoms in total. The lowest BCUT2D eigenvalue weighted by Crippen LogP contribution is -2.59. The number of fused-ring (bicyclic) bond motifs is 4. The summed E-state index contributed by atoms with van der Waals surface area (Å²) in [5.41, 5.74) is 2.61. The first-order valence-corrected chi connectivity index (χ1v) is 13.5. The number of phenols is 1. The number of pyridine rings is 1. The number of phenolic OH excluding ortho intramolecular Hbond substituents is 1. The van der Waals surface area contributed by atoms with Crippen molar-refractivity contribution in [1.29, 1.82) is 0 Å². The summed E-state index contributed by atoms with van der Waals surface area (Å²) in [6, 6.07) is 15.5. The Kier molecular flexibility index (Phi) is 7.09. The maximum Gasteiger partial charge on any atom is 0.248 e. The van der Waals surface area contributed by atoms with Gasteiger partial charge in [0.25, 0.3) is 0 Å². The molecule has 6 heteroatoms. The number of piperidine rings is 3. The first-order valence-electron chi connectivity index (χ1n) is 13.5. The molecule has 3 fully saturated rings. The molecule has 3 aliphatic heterocycles. The molecule has 3 aliphatic rings. The topological polar surface area (TPSA) is 74.3 Å². The highest BCUT2D eigenvalue weighted by Crippen LogP contribution is 2.33. The lowest BCUT2D eigenvalue weighted by atomic mass is 9.86. The van der Waals surface area contributed by atoms with Crippen LogP contribution in [0.3, 0.4) is 0 Å². The lowest BCUT2D eigenvalue weighted by Gasteiger charge is -2.49. The third kappa shape index (κ3) is 5.76. The van der Waals surface area contributed by atoms with Gasteiger partial charge < -0.3 is 24.6 Å². The number of aromatic hydroxyl groups is 1. The Hall–Kier alpha value is -2.83. The maximum absolute atomic E-state index is 11.6. The van der Waals surface area contributed by atoms with E-state index in [9.17, 15) is 9.90 Å². The largest absolute Gasteiger partial charge is 0.506 e. The minimum atomic E-state index is -0.208. The Morgan fingerprint density at radius 3 is 2.47 bits per heavy atom. The predicted octanol–water partition coefficient (Wildman–Crippen LogP) is 4.40. The number of quaternary nitrogens is 1. The van der Waals surface area contributed by atoms with Crippen LogP contribution in [0.2, 0.25) is 0 Å². The van der Waals surface area contributed by atoms with E-state index in [1.54, 1.807) is 12.1 Å². The average molecular weight is 491 g/mol. The summed E-state index contributed by atoms with van der Waals surface area (Å²) in [7, 11) is 0. The van der Waals surface area contributed by atoms with Gasteiger partial charge in [-0.2, -0.15) is 0 Å². The summed E-state index contributed by atoms with van der Waals surface area (Å²) in [5, 5.41) is 14.7. The Morgan fingerprint density at radius 2 is 1.75 bits per heavy atom. The van der Waals surface area contributed by atoms with Gasteiger partial charge in [-0.15, -0.1) is 0 Å². The fraction of sp³-hybridized carbons (Fsp3) is 0.500. The van der Waals surface area contributed by atoms with Crippen molar-refractivity contribution in [3.63, 3.8) is 0 Å². The molecular formula is C30H40N3O3+. The third-order valence-corrected chi connectivity index (χ3v) is 8.40. The Labute approximate surface area is 213 Å². The molecule has 3 N–H and O–H groups in total. The fourth-order valence-electron chi connectivity index (χ4n) is 6.16. The van der Waals surface area contributed by atoms with E-state index in [4.69, 9.17) is 4.74 Å². The second kappa shape index (κ2) is 10.3. The molecule has 2 bridgehead atoms. The number of ether oxygens (including phenoxy) is 1. The molecule has 6 rings (SSSR count). The van der Waals surface area contributed by atoms with Crippen molar-refractivity contribution in [3.8, 4) is 11.5 Å². The maximum atomic E-state index is 11.6. The van der Waals surface area contributed by atoms with Gasteiger partial charge in [-0.05, 0) is 93.8 Å². The Balaban J connectivity index is 1.10. The van der Waals surface area contributed by atoms with Gasteiger partial charge in [-0.25, -0.2) is 0 Å². The highest BCUT2D eigenvalue weighted by atomic mass is 16.5. The van der Waals surface area contributed by atoms with Crippen LogP contribution < -0.4 is 15.6 Å². The molecule has 192 valence electrons. The van der Waals surface area contributed by atoms with E-state index < -0.39 is 0 Å². The van der Waals surface area contributed by atoms with Crippen LogP contribution in [0.5, 0.6) is 11.5 Å². The fourth-order valence-corrected chi connectivity index (χ4v) is 6.16. The number of hydrogen-bond donors (Lipinski definition) is 3. The van der Waals surface area contributed by atoms with Gasteiger partial charge in [0.1, 0.15) is 24.7 Å². The number of aromatic amines is 1. The standard InChI is InChI=1S/C30H39N3O3/c1-30(2,31-15-11-24-5-9-27(34)29-26(24)8-10-28(35)32-29)21-23-3-6-25(7-4-23)36-20-19-33-16-12-22(13-17-33)14-18-33/h3-10,22,31H,11-21H2,1-2H3,(H-,32,34,35)/p+1. The van der Waals surface area contributed by atoms with Gasteiger partial charge in [-0.3, -0.25) is 4.79 Å². The quantitative estimate of drug-likeness (QED) is 0.369. The predicted molar refractivity (Wildman–Crippen MR) is 145 cm³/mol. The zero-order valence-electron chi connectivity index (χ0n) is 21.7. The van der Waals surface area contributed by atoms with E-state index in [2.05, 4.69) is 48.4 Å². The molecular weight excluding hydrogens is 450 g/mol. The smallest absolute Gasteiger partial charge is 0.248 e. The second-order valence-electron chi connectivity index (χ2n) is 11.6. The molecule has 0 saturated carbocycles. The molecule has 1 aromatic heterocycles. The van der Waals surface area contributed by atoms with Crippen LogP contribution in [0.4, 0.5) is 0 Å². The van der Waals surface area contributed by atoms with Crippen molar-refractivity contribution < 1.29 is 14.3 Å². The molecule has 0 atom stereocenters. The van der Waals surface area contributed by atoms with Crippen LogP contribution in [0, 0.1) is 5.92 Å². The van der Waals surface area contributed by atoms with Crippen LogP contribution in [-0.2, 0) is 12.8 Å². The van der Waals surface area contributed by atoms with E-state index in [0.717, 1.165) is 55.2 Å². The molecule has 0 unspecified atom stereocenters. The van der Waals surface area contributed by atoms with Crippen LogP contribution >= 0.6 is 0 Å². The molecule has 2 aromatic carbocycles. The number of nitrogens with zero attached hydrogens (tertiary/aromatic N) is 1. The van der Waals surface area contributed by atoms with Gasteiger partial charge in [0.15, 0.2) is 0 Å². The van der Waals surface area contributed by atoms with Crippen LogP contribution in [0.15, 0.2) is 53.3 Å². The van der Waals surface area contributed by atoms with Gasteiger partial charge in [0.2, 0.25) is 5.56 Å². The first kappa shape index (κ1) is 24.8. The zero-order chi connectivity index (χ0) is 25.2. The van der Waals surface area contributed by atoms with E-state index in [1.165, 1.54) is 55.0 Å². The van der Waals surface area contributed by atoms with Crippen LogP contribution in [0.25, 0.3) is 10.9 Å².